The average molecular weight is 472 g/mol. The smallest absolute Gasteiger partial charge is 0.243 e. The first kappa shape index (κ1) is 23.2. The second kappa shape index (κ2) is 9.32. The number of rotatable bonds is 4. The molecule has 4 rings (SSSR count). The summed E-state index contributed by atoms with van der Waals surface area (Å²) in [7, 11) is 0.111. The van der Waals surface area contributed by atoms with Gasteiger partial charge in [-0.15, -0.1) is 12.4 Å². The third-order valence-corrected chi connectivity index (χ3v) is 7.85. The van der Waals surface area contributed by atoms with Crippen LogP contribution in [0.1, 0.15) is 11.1 Å². The van der Waals surface area contributed by atoms with Gasteiger partial charge < -0.3 is 14.5 Å². The Morgan fingerprint density at radius 3 is 2.40 bits per heavy atom. The van der Waals surface area contributed by atoms with Gasteiger partial charge in [0.15, 0.2) is 0 Å². The third-order valence-electron chi connectivity index (χ3n) is 5.78. The fourth-order valence-electron chi connectivity index (χ4n) is 3.97. The van der Waals surface area contributed by atoms with Crippen molar-refractivity contribution in [2.75, 3.05) is 51.8 Å². The molecule has 9 heteroatoms. The van der Waals surface area contributed by atoms with Crippen molar-refractivity contribution in [2.24, 2.45) is 0 Å². The Morgan fingerprint density at radius 1 is 0.967 bits per heavy atom. The van der Waals surface area contributed by atoms with Crippen LogP contribution in [0.3, 0.4) is 0 Å². The fourth-order valence-corrected chi connectivity index (χ4v) is 5.61. The minimum Gasteiger partial charge on any atom is -0.495 e. The van der Waals surface area contributed by atoms with Crippen LogP contribution in [0.5, 0.6) is 5.75 Å². The van der Waals surface area contributed by atoms with Crippen LogP contribution in [0.15, 0.2) is 41.3 Å². The number of hydrogen-bond acceptors (Lipinski definition) is 5. The number of sulfonamides is 1. The van der Waals surface area contributed by atoms with E-state index in [2.05, 4.69) is 16.8 Å². The van der Waals surface area contributed by atoms with Crippen LogP contribution in [0, 0.1) is 0 Å². The van der Waals surface area contributed by atoms with Gasteiger partial charge in [-0.1, -0.05) is 17.7 Å². The molecule has 0 saturated carbocycles. The van der Waals surface area contributed by atoms with Gasteiger partial charge in [-0.3, -0.25) is 0 Å². The lowest BCUT2D eigenvalue weighted by atomic mass is 10.0. The normalized spacial score (nSPS) is 17.9. The highest BCUT2D eigenvalue weighted by atomic mass is 35.5. The van der Waals surface area contributed by atoms with Crippen molar-refractivity contribution >= 4 is 39.7 Å². The van der Waals surface area contributed by atoms with Crippen molar-refractivity contribution in [1.82, 2.24) is 9.21 Å². The first-order chi connectivity index (χ1) is 13.9. The molecule has 1 saturated heterocycles. The van der Waals surface area contributed by atoms with Crippen LogP contribution in [-0.2, 0) is 23.0 Å². The lowest BCUT2D eigenvalue weighted by Crippen LogP contribution is -2.44. The Bertz CT molecular complexity index is 1010. The standard InChI is InChI=1S/C21H26ClN3O3S.ClH/c1-23-9-11-24(12-10-23)20-14-19(5-6-21(20)28-2)29(26,27)25-8-7-16-13-18(22)4-3-17(16)15-25;/h3-6,13-14H,7-12,15H2,1-2H3;1H. The molecule has 2 heterocycles. The highest BCUT2D eigenvalue weighted by molar-refractivity contribution is 7.89. The van der Waals surface area contributed by atoms with Gasteiger partial charge in [-0.25, -0.2) is 8.42 Å². The van der Waals surface area contributed by atoms with Crippen LogP contribution in [-0.4, -0.2) is 64.5 Å². The summed E-state index contributed by atoms with van der Waals surface area (Å²) in [5.74, 6) is 0.701. The Hall–Kier alpha value is -1.51. The maximum Gasteiger partial charge on any atom is 0.243 e. The van der Waals surface area contributed by atoms with Gasteiger partial charge in [0.05, 0.1) is 17.7 Å². The van der Waals surface area contributed by atoms with Crippen molar-refractivity contribution in [2.45, 2.75) is 17.9 Å². The van der Waals surface area contributed by atoms with E-state index in [1.54, 1.807) is 29.6 Å². The number of ether oxygens (including phenoxy) is 1. The molecule has 0 aromatic heterocycles. The molecule has 0 radical (unpaired) electrons. The second-order valence-corrected chi connectivity index (χ2v) is 10.00. The first-order valence-corrected chi connectivity index (χ1v) is 11.6. The molecule has 6 nitrogen and oxygen atoms in total. The Balaban J connectivity index is 0.00000256. The lowest BCUT2D eigenvalue weighted by molar-refractivity contribution is 0.311. The van der Waals surface area contributed by atoms with Crippen molar-refractivity contribution in [3.8, 4) is 5.75 Å². The largest absolute Gasteiger partial charge is 0.495 e. The van der Waals surface area contributed by atoms with Gasteiger partial charge in [0.2, 0.25) is 10.0 Å². The zero-order chi connectivity index (χ0) is 20.6. The minimum absolute atomic E-state index is 0. The molecule has 0 N–H and O–H groups in total. The summed E-state index contributed by atoms with van der Waals surface area (Å²) in [6.45, 7) is 4.37. The average Bonchev–Trinajstić information content (AvgIpc) is 2.73. The zero-order valence-corrected chi connectivity index (χ0v) is 19.6. The van der Waals surface area contributed by atoms with Gasteiger partial charge in [0.1, 0.15) is 5.75 Å². The predicted octanol–water partition coefficient (Wildman–Crippen LogP) is 3.27. The molecule has 2 aromatic rings. The SMILES string of the molecule is COc1ccc(S(=O)(=O)N2CCc3cc(Cl)ccc3C2)cc1N1CCN(C)CC1.Cl. The van der Waals surface area contributed by atoms with E-state index in [0.717, 1.165) is 43.0 Å². The molecule has 0 amide bonds. The Morgan fingerprint density at radius 2 is 1.70 bits per heavy atom. The summed E-state index contributed by atoms with van der Waals surface area (Å²) in [4.78, 5) is 4.77. The van der Waals surface area contributed by atoms with E-state index in [1.165, 1.54) is 0 Å². The molecule has 0 bridgehead atoms. The highest BCUT2D eigenvalue weighted by Gasteiger charge is 2.30. The molecule has 2 aliphatic rings. The summed E-state index contributed by atoms with van der Waals surface area (Å²) in [6.07, 6.45) is 0.663. The number of nitrogens with zero attached hydrogens (tertiary/aromatic N) is 3. The van der Waals surface area contributed by atoms with E-state index in [0.29, 0.717) is 35.2 Å². The molecule has 164 valence electrons. The molecule has 2 aliphatic heterocycles. The number of methoxy groups -OCH3 is 1. The quantitative estimate of drug-likeness (QED) is 0.684. The van der Waals surface area contributed by atoms with Gasteiger partial charge in [-0.2, -0.15) is 4.31 Å². The predicted molar refractivity (Wildman–Crippen MR) is 123 cm³/mol. The van der Waals surface area contributed by atoms with Crippen LogP contribution >= 0.6 is 24.0 Å². The van der Waals surface area contributed by atoms with Crippen LogP contribution in [0.25, 0.3) is 0 Å². The van der Waals surface area contributed by atoms with Crippen molar-refractivity contribution in [3.05, 3.63) is 52.5 Å². The summed E-state index contributed by atoms with van der Waals surface area (Å²) < 4.78 is 33.8. The number of hydrogen-bond donors (Lipinski definition) is 0. The molecule has 0 aliphatic carbocycles. The van der Waals surface area contributed by atoms with Gasteiger partial charge in [-0.05, 0) is 54.9 Å². The van der Waals surface area contributed by atoms with E-state index < -0.39 is 10.0 Å². The number of fused-ring (bicyclic) bond motifs is 1. The van der Waals surface area contributed by atoms with Gasteiger partial charge in [0, 0.05) is 44.3 Å². The monoisotopic (exact) mass is 471 g/mol. The minimum atomic E-state index is -3.60. The molecular weight excluding hydrogens is 445 g/mol. The molecule has 0 unspecified atom stereocenters. The Labute approximate surface area is 189 Å². The maximum absolute atomic E-state index is 13.4. The van der Waals surface area contributed by atoms with E-state index >= 15 is 0 Å². The van der Waals surface area contributed by atoms with E-state index in [-0.39, 0.29) is 12.4 Å². The number of anilines is 1. The summed E-state index contributed by atoms with van der Waals surface area (Å²) >= 11 is 6.08. The van der Waals surface area contributed by atoms with Crippen molar-refractivity contribution in [3.63, 3.8) is 0 Å². The van der Waals surface area contributed by atoms with Gasteiger partial charge >= 0.3 is 0 Å². The number of halogens is 2. The lowest BCUT2D eigenvalue weighted by Gasteiger charge is -2.35. The fraction of sp³-hybridized carbons (Fsp3) is 0.429. The topological polar surface area (TPSA) is 53.1 Å². The molecule has 0 spiro atoms. The molecule has 2 aromatic carbocycles. The van der Waals surface area contributed by atoms with Crippen molar-refractivity contribution in [1.29, 1.82) is 0 Å². The van der Waals surface area contributed by atoms with Gasteiger partial charge in [0.25, 0.3) is 0 Å². The van der Waals surface area contributed by atoms with Crippen LogP contribution in [0.4, 0.5) is 5.69 Å². The maximum atomic E-state index is 13.4. The van der Waals surface area contributed by atoms with E-state index in [1.807, 2.05) is 18.2 Å². The molecular formula is C21H27Cl2N3O3S. The highest BCUT2D eigenvalue weighted by Crippen LogP contribution is 2.34. The van der Waals surface area contributed by atoms with E-state index in [4.69, 9.17) is 16.3 Å². The summed E-state index contributed by atoms with van der Waals surface area (Å²) in [5, 5.41) is 0.687. The number of benzene rings is 2. The number of likely N-dealkylation sites (N-methyl/N-ethyl adjacent to an activating group) is 1. The second-order valence-electron chi connectivity index (χ2n) is 7.63. The van der Waals surface area contributed by atoms with E-state index in [9.17, 15) is 8.42 Å². The first-order valence-electron chi connectivity index (χ1n) is 9.77. The zero-order valence-electron chi connectivity index (χ0n) is 17.2. The third kappa shape index (κ3) is 4.55. The molecule has 30 heavy (non-hydrogen) atoms. The Kier molecular flexibility index (Phi) is 7.20. The summed E-state index contributed by atoms with van der Waals surface area (Å²) in [6, 6.07) is 10.8. The summed E-state index contributed by atoms with van der Waals surface area (Å²) in [5.41, 5.74) is 2.97. The van der Waals surface area contributed by atoms with Crippen LogP contribution < -0.4 is 9.64 Å². The molecule has 0 atom stereocenters. The number of piperazine rings is 1. The van der Waals surface area contributed by atoms with Crippen molar-refractivity contribution < 1.29 is 13.2 Å². The van der Waals surface area contributed by atoms with Crippen LogP contribution in [0.2, 0.25) is 5.02 Å². The molecule has 1 fully saturated rings.